The molecule has 1 aromatic heterocycles. The molecule has 6 heteroatoms. The van der Waals surface area contributed by atoms with Crippen molar-refractivity contribution in [3.63, 3.8) is 0 Å². The van der Waals surface area contributed by atoms with Crippen LogP contribution in [0.25, 0.3) is 16.3 Å². The second-order valence-corrected chi connectivity index (χ2v) is 9.89. The van der Waals surface area contributed by atoms with Gasteiger partial charge in [-0.1, -0.05) is 42.2 Å². The number of thioether (sulfide) groups is 1. The molecule has 160 valence electrons. The molecule has 0 radical (unpaired) electrons. The number of carboxylic acids is 1. The van der Waals surface area contributed by atoms with Crippen LogP contribution >= 0.6 is 23.1 Å². The number of aliphatic carboxylic acids is 1. The van der Waals surface area contributed by atoms with Crippen molar-refractivity contribution in [2.24, 2.45) is 0 Å². The van der Waals surface area contributed by atoms with E-state index in [1.165, 1.54) is 26.7 Å². The van der Waals surface area contributed by atoms with Gasteiger partial charge in [0.05, 0.1) is 10.7 Å². The van der Waals surface area contributed by atoms with Crippen molar-refractivity contribution in [2.75, 3.05) is 11.4 Å². The quantitative estimate of drug-likeness (QED) is 0.456. The van der Waals surface area contributed by atoms with E-state index in [1.54, 1.807) is 23.1 Å². The number of aromatic nitrogens is 1. The van der Waals surface area contributed by atoms with Crippen molar-refractivity contribution in [3.05, 3.63) is 69.2 Å². The predicted molar refractivity (Wildman–Crippen MR) is 131 cm³/mol. The average Bonchev–Trinajstić information content (AvgIpc) is 3.24. The van der Waals surface area contributed by atoms with Crippen LogP contribution in [-0.2, 0) is 11.3 Å². The maximum Gasteiger partial charge on any atom is 0.370 e. The Bertz CT molecular complexity index is 1220. The van der Waals surface area contributed by atoms with Crippen LogP contribution in [0.5, 0.6) is 0 Å². The SMILES string of the molecule is CCC(=Cc1sc2ccc(C)cc2[n+]1CC(=O)O)C=C1Sc2ccc(C)cc2N1CC. The molecular formula is C25H27N2O2S2+. The first-order valence-electron chi connectivity index (χ1n) is 10.5. The number of thiazole rings is 1. The number of benzene rings is 2. The number of carboxylic acid groups (broad SMARTS) is 1. The zero-order chi connectivity index (χ0) is 22.1. The maximum atomic E-state index is 11.6. The number of carbonyl (C=O) groups is 1. The van der Waals surface area contributed by atoms with Gasteiger partial charge >= 0.3 is 5.97 Å². The van der Waals surface area contributed by atoms with E-state index in [1.807, 2.05) is 11.5 Å². The molecule has 0 bridgehead atoms. The molecule has 0 spiro atoms. The monoisotopic (exact) mass is 451 g/mol. The summed E-state index contributed by atoms with van der Waals surface area (Å²) in [5.41, 5.74) is 5.84. The molecule has 4 nitrogen and oxygen atoms in total. The summed E-state index contributed by atoms with van der Waals surface area (Å²) < 4.78 is 3.02. The highest BCUT2D eigenvalue weighted by atomic mass is 32.2. The molecule has 4 rings (SSSR count). The Morgan fingerprint density at radius 1 is 1.13 bits per heavy atom. The molecule has 1 N–H and O–H groups in total. The standard InChI is InChI=1S/C25H26N2O2S2/c1-5-18(13-23-26(6-2)19-11-16(3)7-9-21(19)30-23)14-24-27(15-25(28)29)20-12-17(4)8-10-22(20)31-24/h7-14H,5-6,15H2,1-4H3/p+1. The van der Waals surface area contributed by atoms with Gasteiger partial charge in [0.15, 0.2) is 0 Å². The average molecular weight is 452 g/mol. The van der Waals surface area contributed by atoms with Gasteiger partial charge in [-0.3, -0.25) is 0 Å². The highest BCUT2D eigenvalue weighted by Gasteiger charge is 2.25. The van der Waals surface area contributed by atoms with Gasteiger partial charge in [0, 0.05) is 23.6 Å². The molecule has 2 heterocycles. The fraction of sp³-hybridized carbons (Fsp3) is 0.280. The van der Waals surface area contributed by atoms with Gasteiger partial charge in [0.2, 0.25) is 12.1 Å². The predicted octanol–water partition coefficient (Wildman–Crippen LogP) is 6.16. The number of hydrogen-bond acceptors (Lipinski definition) is 4. The first-order chi connectivity index (χ1) is 14.9. The number of anilines is 1. The summed E-state index contributed by atoms with van der Waals surface area (Å²) in [5, 5.41) is 11.7. The van der Waals surface area contributed by atoms with E-state index < -0.39 is 5.97 Å². The molecule has 0 saturated heterocycles. The van der Waals surface area contributed by atoms with Gasteiger partial charge in [0.25, 0.3) is 5.01 Å². The largest absolute Gasteiger partial charge is 0.477 e. The van der Waals surface area contributed by atoms with Crippen molar-refractivity contribution in [1.82, 2.24) is 0 Å². The van der Waals surface area contributed by atoms with E-state index in [4.69, 9.17) is 0 Å². The molecule has 1 aliphatic heterocycles. The summed E-state index contributed by atoms with van der Waals surface area (Å²) in [4.78, 5) is 15.2. The minimum Gasteiger partial charge on any atom is -0.477 e. The summed E-state index contributed by atoms with van der Waals surface area (Å²) in [6.45, 7) is 9.36. The van der Waals surface area contributed by atoms with Gasteiger partial charge < -0.3 is 10.0 Å². The summed E-state index contributed by atoms with van der Waals surface area (Å²) in [7, 11) is 0. The van der Waals surface area contributed by atoms with Gasteiger partial charge in [0.1, 0.15) is 4.70 Å². The van der Waals surface area contributed by atoms with Crippen LogP contribution in [0.2, 0.25) is 0 Å². The molecule has 0 atom stereocenters. The number of allylic oxidation sites excluding steroid dienone is 2. The normalized spacial score (nSPS) is 15.2. The molecule has 0 amide bonds. The van der Waals surface area contributed by atoms with Crippen molar-refractivity contribution in [1.29, 1.82) is 0 Å². The third kappa shape index (κ3) is 4.41. The molecule has 0 aliphatic carbocycles. The summed E-state index contributed by atoms with van der Waals surface area (Å²) in [6, 6.07) is 12.8. The lowest BCUT2D eigenvalue weighted by Crippen LogP contribution is -2.39. The first-order valence-corrected chi connectivity index (χ1v) is 12.2. The third-order valence-electron chi connectivity index (χ3n) is 5.41. The van der Waals surface area contributed by atoms with Gasteiger partial charge in [-0.15, -0.1) is 0 Å². The Morgan fingerprint density at radius 3 is 2.58 bits per heavy atom. The van der Waals surface area contributed by atoms with E-state index in [2.05, 4.69) is 74.2 Å². The number of fused-ring (bicyclic) bond motifs is 2. The highest BCUT2D eigenvalue weighted by molar-refractivity contribution is 8.03. The Morgan fingerprint density at radius 2 is 1.87 bits per heavy atom. The lowest BCUT2D eigenvalue weighted by molar-refractivity contribution is -0.657. The molecular weight excluding hydrogens is 424 g/mol. The van der Waals surface area contributed by atoms with Crippen LogP contribution < -0.4 is 9.47 Å². The number of hydrogen-bond donors (Lipinski definition) is 1. The molecule has 1 aliphatic rings. The maximum absolute atomic E-state index is 11.6. The van der Waals surface area contributed by atoms with Crippen LogP contribution in [0.1, 0.15) is 36.4 Å². The minimum absolute atomic E-state index is 0.0383. The van der Waals surface area contributed by atoms with E-state index in [0.29, 0.717) is 0 Å². The van der Waals surface area contributed by atoms with Gasteiger partial charge in [-0.2, -0.15) is 4.57 Å². The van der Waals surface area contributed by atoms with Crippen molar-refractivity contribution >= 4 is 51.0 Å². The Balaban J connectivity index is 1.77. The second-order valence-electron chi connectivity index (χ2n) is 7.76. The first kappa shape index (κ1) is 21.7. The highest BCUT2D eigenvalue weighted by Crippen LogP contribution is 2.46. The molecule has 0 saturated carbocycles. The number of nitrogens with zero attached hydrogens (tertiary/aromatic N) is 2. The van der Waals surface area contributed by atoms with E-state index in [0.717, 1.165) is 33.8 Å². The zero-order valence-electron chi connectivity index (χ0n) is 18.3. The molecule has 2 aromatic carbocycles. The fourth-order valence-electron chi connectivity index (χ4n) is 3.82. The molecule has 0 fully saturated rings. The number of aryl methyl sites for hydroxylation is 2. The molecule has 31 heavy (non-hydrogen) atoms. The van der Waals surface area contributed by atoms with Crippen LogP contribution in [0, 0.1) is 13.8 Å². The Labute approximate surface area is 191 Å². The van der Waals surface area contributed by atoms with Crippen molar-refractivity contribution < 1.29 is 14.5 Å². The summed E-state index contributed by atoms with van der Waals surface area (Å²) in [6.07, 6.45) is 5.28. The summed E-state index contributed by atoms with van der Waals surface area (Å²) >= 11 is 3.45. The van der Waals surface area contributed by atoms with E-state index in [9.17, 15) is 9.90 Å². The summed E-state index contributed by atoms with van der Waals surface area (Å²) in [5.74, 6) is -0.827. The minimum atomic E-state index is -0.827. The van der Waals surface area contributed by atoms with Gasteiger partial charge in [-0.25, -0.2) is 4.79 Å². The van der Waals surface area contributed by atoms with E-state index in [-0.39, 0.29) is 6.54 Å². The molecule has 0 unspecified atom stereocenters. The molecule has 3 aromatic rings. The van der Waals surface area contributed by atoms with Crippen LogP contribution in [0.4, 0.5) is 5.69 Å². The van der Waals surface area contributed by atoms with Crippen molar-refractivity contribution in [2.45, 2.75) is 45.6 Å². The van der Waals surface area contributed by atoms with E-state index >= 15 is 0 Å². The smallest absolute Gasteiger partial charge is 0.370 e. The zero-order valence-corrected chi connectivity index (χ0v) is 19.9. The topological polar surface area (TPSA) is 44.4 Å². The Kier molecular flexibility index (Phi) is 6.21. The second kappa shape index (κ2) is 8.89. The van der Waals surface area contributed by atoms with Crippen LogP contribution in [0.15, 0.2) is 58.0 Å². The van der Waals surface area contributed by atoms with Gasteiger partial charge in [-0.05, 0) is 68.2 Å². The van der Waals surface area contributed by atoms with Crippen LogP contribution in [0.3, 0.4) is 0 Å². The van der Waals surface area contributed by atoms with Crippen molar-refractivity contribution in [3.8, 4) is 0 Å². The fourth-order valence-corrected chi connectivity index (χ4v) is 6.13. The Hall–Kier alpha value is -2.57. The lowest BCUT2D eigenvalue weighted by Gasteiger charge is -2.18. The third-order valence-corrected chi connectivity index (χ3v) is 7.63. The van der Waals surface area contributed by atoms with Crippen LogP contribution in [-0.4, -0.2) is 17.6 Å². The lowest BCUT2D eigenvalue weighted by atomic mass is 10.1. The number of rotatable bonds is 6.